The van der Waals surface area contributed by atoms with Gasteiger partial charge in [0, 0.05) is 19.3 Å². The number of carbonyl (C=O) groups excluding carboxylic acids is 3. The lowest BCUT2D eigenvalue weighted by molar-refractivity contribution is -0.161. The van der Waals surface area contributed by atoms with E-state index in [1.54, 1.807) is 0 Å². The number of hydrogen-bond donors (Lipinski definition) is 4. The van der Waals surface area contributed by atoms with Gasteiger partial charge in [-0.15, -0.1) is 0 Å². The van der Waals surface area contributed by atoms with Gasteiger partial charge in [0.25, 0.3) is 0 Å². The van der Waals surface area contributed by atoms with Crippen LogP contribution in [0.2, 0.25) is 0 Å². The van der Waals surface area contributed by atoms with Crippen molar-refractivity contribution in [1.29, 1.82) is 0 Å². The molecule has 5 unspecified atom stereocenters. The van der Waals surface area contributed by atoms with Crippen molar-refractivity contribution in [2.45, 2.75) is 399 Å². The van der Waals surface area contributed by atoms with Crippen molar-refractivity contribution in [1.82, 2.24) is 0 Å². The third-order valence-electron chi connectivity index (χ3n) is 19.2. The van der Waals surface area contributed by atoms with E-state index >= 15 is 0 Å². The van der Waals surface area contributed by atoms with Gasteiger partial charge in [-0.25, -0.2) is 9.13 Å². The normalized spacial score (nSPS) is 14.5. The highest BCUT2D eigenvalue weighted by molar-refractivity contribution is 7.47. The SMILES string of the molecule is CC/C=C\C/C=C\C/C=C\C/C=C\C/C=C\CCCCCC(=O)OC(COC(=O)CCCCCCCCCCC/C=C\C/C=C\C/C=C\C/C=C\CCCCC)COP(=O)(O)OCC(O)COP(=O)(O)OCC(O)COC(=O)CCCCCCCCCCCCCCCCCCCCC/C=C\C/C=C\C/C=C\C/C=C\CCCCC. The van der Waals surface area contributed by atoms with Crippen LogP contribution in [-0.4, -0.2) is 95.9 Å². The summed E-state index contributed by atoms with van der Waals surface area (Å²) in [6.07, 6.45) is 113. The highest BCUT2D eigenvalue weighted by atomic mass is 31.2. The number of unbranched alkanes of at least 4 members (excludes halogenated alkanes) is 37. The van der Waals surface area contributed by atoms with Crippen LogP contribution < -0.4 is 0 Å². The minimum absolute atomic E-state index is 0.0600. The summed E-state index contributed by atoms with van der Waals surface area (Å²) in [6, 6.07) is 0. The second-order valence-electron chi connectivity index (χ2n) is 30.4. The monoisotopic (exact) mass is 1650 g/mol. The molecule has 0 aromatic rings. The van der Waals surface area contributed by atoms with Gasteiger partial charge in [0.2, 0.25) is 0 Å². The van der Waals surface area contributed by atoms with Gasteiger partial charge in [0.05, 0.1) is 26.4 Å². The molecule has 4 N–H and O–H groups in total. The van der Waals surface area contributed by atoms with Crippen molar-refractivity contribution in [2.24, 2.45) is 0 Å². The molecule has 0 saturated carbocycles. The predicted molar refractivity (Wildman–Crippen MR) is 482 cm³/mol. The molecule has 0 aliphatic carbocycles. The molecule has 0 fully saturated rings. The Morgan fingerprint density at radius 1 is 0.252 bits per heavy atom. The van der Waals surface area contributed by atoms with Crippen molar-refractivity contribution in [3.05, 3.63) is 158 Å². The van der Waals surface area contributed by atoms with E-state index < -0.39 is 91.5 Å². The molecule has 0 heterocycles. The van der Waals surface area contributed by atoms with Crippen LogP contribution in [0, 0.1) is 0 Å². The van der Waals surface area contributed by atoms with Gasteiger partial charge >= 0.3 is 33.6 Å². The van der Waals surface area contributed by atoms with Crippen molar-refractivity contribution in [2.75, 3.05) is 39.6 Å². The van der Waals surface area contributed by atoms with Crippen molar-refractivity contribution < 1.29 is 75.8 Å². The van der Waals surface area contributed by atoms with Crippen LogP contribution in [0.1, 0.15) is 380 Å². The van der Waals surface area contributed by atoms with Gasteiger partial charge in [0.15, 0.2) is 6.10 Å². The van der Waals surface area contributed by atoms with E-state index in [1.165, 1.54) is 180 Å². The zero-order valence-corrected chi connectivity index (χ0v) is 74.5. The highest BCUT2D eigenvalue weighted by Crippen LogP contribution is 2.45. The minimum atomic E-state index is -4.95. The van der Waals surface area contributed by atoms with Crippen LogP contribution in [0.15, 0.2) is 158 Å². The van der Waals surface area contributed by atoms with Gasteiger partial charge in [-0.05, 0) is 154 Å². The second-order valence-corrected chi connectivity index (χ2v) is 33.3. The maximum Gasteiger partial charge on any atom is 0.472 e. The van der Waals surface area contributed by atoms with Crippen LogP contribution in [0.5, 0.6) is 0 Å². The smallest absolute Gasteiger partial charge is 0.463 e. The van der Waals surface area contributed by atoms with E-state index in [0.717, 1.165) is 141 Å². The Morgan fingerprint density at radius 3 is 0.739 bits per heavy atom. The van der Waals surface area contributed by atoms with E-state index in [-0.39, 0.29) is 19.3 Å². The van der Waals surface area contributed by atoms with Crippen LogP contribution in [-0.2, 0) is 55.8 Å². The first-order valence-electron chi connectivity index (χ1n) is 45.8. The van der Waals surface area contributed by atoms with Crippen molar-refractivity contribution >= 4 is 33.6 Å². The van der Waals surface area contributed by atoms with E-state index in [1.807, 2.05) is 0 Å². The summed E-state index contributed by atoms with van der Waals surface area (Å²) in [6.45, 7) is 2.50. The summed E-state index contributed by atoms with van der Waals surface area (Å²) in [7, 11) is -9.82. The first-order valence-corrected chi connectivity index (χ1v) is 48.8. The van der Waals surface area contributed by atoms with Gasteiger partial charge in [-0.2, -0.15) is 0 Å². The molecule has 115 heavy (non-hydrogen) atoms. The molecule has 0 aromatic carbocycles. The zero-order chi connectivity index (χ0) is 83.6. The molecule has 0 radical (unpaired) electrons. The van der Waals surface area contributed by atoms with Gasteiger partial charge in [0.1, 0.15) is 25.4 Å². The van der Waals surface area contributed by atoms with Crippen LogP contribution >= 0.6 is 15.6 Å². The van der Waals surface area contributed by atoms with E-state index in [4.69, 9.17) is 32.3 Å². The number of phosphoric ester groups is 2. The van der Waals surface area contributed by atoms with E-state index in [2.05, 4.69) is 179 Å². The Hall–Kier alpha value is -4.83. The topological polar surface area (TPSA) is 231 Å². The largest absolute Gasteiger partial charge is 0.472 e. The average Bonchev–Trinajstić information content (AvgIpc) is 0.900. The number of phosphoric acid groups is 2. The summed E-state index contributed by atoms with van der Waals surface area (Å²) in [5.41, 5.74) is 0. The molecule has 0 spiro atoms. The first-order chi connectivity index (χ1) is 56.2. The average molecular weight is 1650 g/mol. The second kappa shape index (κ2) is 88.5. The highest BCUT2D eigenvalue weighted by Gasteiger charge is 2.29. The molecule has 16 nitrogen and oxygen atoms in total. The number of esters is 3. The molecular formula is C97H166O16P2. The Labute approximate surface area is 701 Å². The lowest BCUT2D eigenvalue weighted by atomic mass is 10.0. The third-order valence-corrected chi connectivity index (χ3v) is 21.1. The fourth-order valence-electron chi connectivity index (χ4n) is 12.3. The molecule has 0 saturated heterocycles. The standard InChI is InChI=1S/C97H166O16P2/c1-4-7-10-13-16-19-22-25-28-31-34-36-38-40-41-42-43-44-45-46-47-48-49-51-53-54-57-59-62-65-68-71-74-77-80-83-95(100)107-86-92(98)87-109-114(103,104)110-88-93(99)89-111-115(105,106)112-91-94(113-97(102)85-82-79-76-73-70-67-64-61-56-33-30-27-24-21-18-15-12-9-6-3)90-108-96(101)84-81-78-75-72-69-66-63-60-58-55-52-50-39-37-35-32-29-26-23-20-17-14-11-8-5-2/h9,12,16-21,25-30,34-37,40-41,50,52,56,61,67,70,92-94,98-99H,4-8,10-11,13-15,22-24,31-33,38-39,42-49,51,53-55,57-60,62-66,68-69,71-91H2,1-3H3,(H,103,104)(H,105,106)/b12-9-,19-16-,20-17-,21-18-,28-25-,29-26-,30-27-,36-34-,37-35-,41-40-,52-50-,61-56-,70-67-. The molecule has 5 atom stereocenters. The summed E-state index contributed by atoms with van der Waals surface area (Å²) in [5, 5.41) is 20.7. The number of ether oxygens (including phenoxy) is 3. The minimum Gasteiger partial charge on any atom is -0.463 e. The Morgan fingerprint density at radius 2 is 0.461 bits per heavy atom. The quantitative estimate of drug-likeness (QED) is 0.0146. The molecule has 0 aliphatic rings. The first kappa shape index (κ1) is 110. The number of aliphatic hydroxyl groups is 2. The van der Waals surface area contributed by atoms with Crippen LogP contribution in [0.25, 0.3) is 0 Å². The number of hydrogen-bond acceptors (Lipinski definition) is 14. The maximum atomic E-state index is 13.0. The fourth-order valence-corrected chi connectivity index (χ4v) is 13.9. The van der Waals surface area contributed by atoms with Crippen molar-refractivity contribution in [3.63, 3.8) is 0 Å². The molecule has 0 bridgehead atoms. The number of allylic oxidation sites excluding steroid dienone is 26. The fraction of sp³-hybridized carbons (Fsp3) is 0.701. The lowest BCUT2D eigenvalue weighted by Crippen LogP contribution is -2.30. The van der Waals surface area contributed by atoms with Crippen LogP contribution in [0.3, 0.4) is 0 Å². The summed E-state index contributed by atoms with van der Waals surface area (Å²) in [4.78, 5) is 58.9. The number of carbonyl (C=O) groups is 3. The third kappa shape index (κ3) is 89.8. The summed E-state index contributed by atoms with van der Waals surface area (Å²) < 4.78 is 61.4. The molecule has 0 aromatic heterocycles. The van der Waals surface area contributed by atoms with Gasteiger partial charge in [-0.3, -0.25) is 32.5 Å². The zero-order valence-electron chi connectivity index (χ0n) is 72.7. The summed E-state index contributed by atoms with van der Waals surface area (Å²) in [5.74, 6) is -1.61. The van der Waals surface area contributed by atoms with Gasteiger partial charge in [-0.1, -0.05) is 365 Å². The van der Waals surface area contributed by atoms with Crippen molar-refractivity contribution in [3.8, 4) is 0 Å². The van der Waals surface area contributed by atoms with Crippen LogP contribution in [0.4, 0.5) is 0 Å². The Bertz CT molecular complexity index is 2720. The molecule has 18 heteroatoms. The predicted octanol–water partition coefficient (Wildman–Crippen LogP) is 28.1. The molecule has 0 amide bonds. The lowest BCUT2D eigenvalue weighted by Gasteiger charge is -2.21. The summed E-state index contributed by atoms with van der Waals surface area (Å²) >= 11 is 0. The maximum absolute atomic E-state index is 13.0. The van der Waals surface area contributed by atoms with E-state index in [9.17, 15) is 43.5 Å². The number of aliphatic hydroxyl groups excluding tert-OH is 2. The van der Waals surface area contributed by atoms with Gasteiger partial charge < -0.3 is 34.2 Å². The molecular weight excluding hydrogens is 1480 g/mol. The molecule has 0 aliphatic heterocycles. The molecule has 0 rings (SSSR count). The Balaban J connectivity index is 4.52. The molecule has 660 valence electrons. The Kier molecular flexibility index (Phi) is 84.7. The van der Waals surface area contributed by atoms with E-state index in [0.29, 0.717) is 19.3 Å². The number of rotatable bonds is 86.